The second-order valence-corrected chi connectivity index (χ2v) is 8.79. The third-order valence-corrected chi connectivity index (χ3v) is 6.67. The van der Waals surface area contributed by atoms with Crippen molar-refractivity contribution in [1.82, 2.24) is 15.1 Å². The maximum atomic E-state index is 12.7. The van der Waals surface area contributed by atoms with E-state index in [0.29, 0.717) is 29.4 Å². The first kappa shape index (κ1) is 20.1. The number of nitrogens with zero attached hydrogens (tertiary/aromatic N) is 4. The van der Waals surface area contributed by atoms with E-state index in [1.165, 1.54) is 34.3 Å². The highest BCUT2D eigenvalue weighted by Gasteiger charge is 2.35. The third-order valence-electron chi connectivity index (χ3n) is 4.63. The summed E-state index contributed by atoms with van der Waals surface area (Å²) in [4.78, 5) is 26.8. The first-order valence-electron chi connectivity index (χ1n) is 9.25. The summed E-state index contributed by atoms with van der Waals surface area (Å²) in [6.07, 6.45) is 2.79. The summed E-state index contributed by atoms with van der Waals surface area (Å²) in [7, 11) is 0. The first-order valence-corrected chi connectivity index (χ1v) is 11.0. The molecule has 10 heteroatoms. The fraction of sp³-hybridized carbons (Fsp3) is 0.250. The molecule has 0 spiro atoms. The number of benzene rings is 1. The van der Waals surface area contributed by atoms with Gasteiger partial charge in [-0.1, -0.05) is 35.2 Å². The molecule has 1 atom stereocenters. The highest BCUT2D eigenvalue weighted by atomic mass is 32.2. The zero-order valence-electron chi connectivity index (χ0n) is 15.8. The van der Waals surface area contributed by atoms with E-state index in [2.05, 4.69) is 21.6 Å². The van der Waals surface area contributed by atoms with Gasteiger partial charge in [0.2, 0.25) is 11.0 Å². The lowest BCUT2D eigenvalue weighted by Crippen LogP contribution is -2.43. The van der Waals surface area contributed by atoms with Gasteiger partial charge in [0.1, 0.15) is 6.04 Å². The number of carbonyl (C=O) groups is 2. The number of aromatic nitrogens is 2. The van der Waals surface area contributed by atoms with Crippen LogP contribution >= 0.6 is 23.1 Å². The minimum absolute atomic E-state index is 0.229. The number of nitrogens with one attached hydrogen (secondary N) is 1. The van der Waals surface area contributed by atoms with E-state index in [9.17, 15) is 9.59 Å². The quantitative estimate of drug-likeness (QED) is 0.462. The molecule has 4 rings (SSSR count). The van der Waals surface area contributed by atoms with Gasteiger partial charge in [-0.3, -0.25) is 14.9 Å². The standard InChI is InChI=1S/C20H17N5O3S2/c21-11-13-5-7-14(8-6-13)12-29-20-24-23-19(30-20)22-17(26)15-3-1-9-25(15)18(27)16-4-2-10-28-16/h2,4-8,10,15H,1,3,9,12H2,(H,22,23,26)/t15-/m0/s1. The van der Waals surface area contributed by atoms with E-state index in [1.54, 1.807) is 24.3 Å². The molecule has 8 nitrogen and oxygen atoms in total. The van der Waals surface area contributed by atoms with Crippen molar-refractivity contribution in [2.45, 2.75) is 29.0 Å². The summed E-state index contributed by atoms with van der Waals surface area (Å²) >= 11 is 2.79. The molecule has 0 radical (unpaired) electrons. The van der Waals surface area contributed by atoms with Crippen LogP contribution in [-0.4, -0.2) is 39.5 Å². The maximum absolute atomic E-state index is 12.7. The van der Waals surface area contributed by atoms with Gasteiger partial charge in [-0.05, 0) is 42.7 Å². The second-order valence-electron chi connectivity index (χ2n) is 6.59. The van der Waals surface area contributed by atoms with Crippen molar-refractivity contribution in [3.8, 4) is 6.07 Å². The summed E-state index contributed by atoms with van der Waals surface area (Å²) in [6.45, 7) is 0.513. The van der Waals surface area contributed by atoms with Crippen molar-refractivity contribution in [3.05, 3.63) is 59.5 Å². The minimum atomic E-state index is -0.554. The molecule has 1 saturated heterocycles. The van der Waals surface area contributed by atoms with E-state index >= 15 is 0 Å². The van der Waals surface area contributed by atoms with Gasteiger partial charge in [-0.15, -0.1) is 10.2 Å². The summed E-state index contributed by atoms with van der Waals surface area (Å²) in [5.41, 5.74) is 1.69. The van der Waals surface area contributed by atoms with E-state index in [0.717, 1.165) is 16.3 Å². The van der Waals surface area contributed by atoms with Crippen LogP contribution < -0.4 is 5.32 Å². The number of carbonyl (C=O) groups excluding carboxylic acids is 2. The molecule has 152 valence electrons. The van der Waals surface area contributed by atoms with Crippen molar-refractivity contribution in [2.75, 3.05) is 11.9 Å². The largest absolute Gasteiger partial charge is 0.459 e. The van der Waals surface area contributed by atoms with Crippen LogP contribution in [0.3, 0.4) is 0 Å². The predicted octanol–water partition coefficient (Wildman–Crippen LogP) is 3.54. The highest BCUT2D eigenvalue weighted by Crippen LogP contribution is 2.29. The molecule has 3 aromatic rings. The minimum Gasteiger partial charge on any atom is -0.459 e. The molecule has 1 aliphatic heterocycles. The number of furan rings is 1. The van der Waals surface area contributed by atoms with Gasteiger partial charge in [0, 0.05) is 12.3 Å². The zero-order valence-corrected chi connectivity index (χ0v) is 17.4. The van der Waals surface area contributed by atoms with Crippen molar-refractivity contribution in [1.29, 1.82) is 5.26 Å². The Morgan fingerprint density at radius 3 is 2.87 bits per heavy atom. The first-order chi connectivity index (χ1) is 14.6. The van der Waals surface area contributed by atoms with Gasteiger partial charge in [-0.25, -0.2) is 0 Å². The van der Waals surface area contributed by atoms with Gasteiger partial charge in [0.15, 0.2) is 10.1 Å². The SMILES string of the molecule is N#Cc1ccc(CSc2nnc(NC(=O)[C@@H]3CCCN3C(=O)c3ccco3)s2)cc1. The van der Waals surface area contributed by atoms with Crippen LogP contribution in [0.4, 0.5) is 5.13 Å². The van der Waals surface area contributed by atoms with Crippen LogP contribution in [0.1, 0.15) is 34.5 Å². The fourth-order valence-corrected chi connectivity index (χ4v) is 4.86. The van der Waals surface area contributed by atoms with Crippen LogP contribution in [0.25, 0.3) is 0 Å². The molecule has 1 aliphatic rings. The number of amides is 2. The Bertz CT molecular complexity index is 1070. The molecule has 0 bridgehead atoms. The molecule has 2 aromatic heterocycles. The molecule has 1 fully saturated rings. The molecule has 1 aromatic carbocycles. The van der Waals surface area contributed by atoms with Crippen molar-refractivity contribution >= 4 is 40.0 Å². The normalized spacial score (nSPS) is 15.7. The molecule has 30 heavy (non-hydrogen) atoms. The number of hydrogen-bond acceptors (Lipinski definition) is 8. The Morgan fingerprint density at radius 1 is 1.30 bits per heavy atom. The van der Waals surface area contributed by atoms with E-state index in [-0.39, 0.29) is 17.6 Å². The Kier molecular flexibility index (Phi) is 6.11. The van der Waals surface area contributed by atoms with Crippen molar-refractivity contribution in [3.63, 3.8) is 0 Å². The average Bonchev–Trinajstić information content (AvgIpc) is 3.54. The lowest BCUT2D eigenvalue weighted by atomic mass is 10.2. The Balaban J connectivity index is 1.34. The van der Waals surface area contributed by atoms with Gasteiger partial charge in [0.05, 0.1) is 17.9 Å². The maximum Gasteiger partial charge on any atom is 0.290 e. The van der Waals surface area contributed by atoms with Crippen molar-refractivity contribution in [2.24, 2.45) is 0 Å². The zero-order chi connectivity index (χ0) is 20.9. The lowest BCUT2D eigenvalue weighted by Gasteiger charge is -2.22. The van der Waals surface area contributed by atoms with Crippen LogP contribution in [0, 0.1) is 11.3 Å². The molecular formula is C20H17N5O3S2. The molecule has 0 unspecified atom stereocenters. The summed E-state index contributed by atoms with van der Waals surface area (Å²) in [5.74, 6) is 0.357. The van der Waals surface area contributed by atoms with E-state index < -0.39 is 6.04 Å². The van der Waals surface area contributed by atoms with Gasteiger partial charge >= 0.3 is 0 Å². The summed E-state index contributed by atoms with van der Waals surface area (Å²) in [5, 5.41) is 20.2. The Labute approximate surface area is 180 Å². The van der Waals surface area contributed by atoms with Crippen LogP contribution in [-0.2, 0) is 10.5 Å². The van der Waals surface area contributed by atoms with Gasteiger partial charge in [0.25, 0.3) is 5.91 Å². The predicted molar refractivity (Wildman–Crippen MR) is 112 cm³/mol. The molecular weight excluding hydrogens is 422 g/mol. The summed E-state index contributed by atoms with van der Waals surface area (Å²) in [6, 6.07) is 12.1. The smallest absolute Gasteiger partial charge is 0.290 e. The Morgan fingerprint density at radius 2 is 2.13 bits per heavy atom. The third kappa shape index (κ3) is 4.53. The molecule has 0 saturated carbocycles. The van der Waals surface area contributed by atoms with Crippen LogP contribution in [0.15, 0.2) is 51.4 Å². The van der Waals surface area contributed by atoms with Gasteiger partial charge in [-0.2, -0.15) is 5.26 Å². The van der Waals surface area contributed by atoms with Gasteiger partial charge < -0.3 is 9.32 Å². The highest BCUT2D eigenvalue weighted by molar-refractivity contribution is 8.00. The Hall–Kier alpha value is -3.16. The molecule has 1 N–H and O–H groups in total. The number of nitriles is 1. The summed E-state index contributed by atoms with van der Waals surface area (Å²) < 4.78 is 5.90. The topological polar surface area (TPSA) is 112 Å². The monoisotopic (exact) mass is 439 g/mol. The number of hydrogen-bond donors (Lipinski definition) is 1. The second kappa shape index (κ2) is 9.11. The number of likely N-dealkylation sites (tertiary alicyclic amines) is 1. The fourth-order valence-electron chi connectivity index (χ4n) is 3.15. The number of thioether (sulfide) groups is 1. The number of rotatable bonds is 6. The molecule has 0 aliphatic carbocycles. The van der Waals surface area contributed by atoms with Crippen LogP contribution in [0.2, 0.25) is 0 Å². The van der Waals surface area contributed by atoms with Crippen LogP contribution in [0.5, 0.6) is 0 Å². The number of anilines is 1. The van der Waals surface area contributed by atoms with E-state index in [1.807, 2.05) is 12.1 Å². The van der Waals surface area contributed by atoms with E-state index in [4.69, 9.17) is 9.68 Å². The molecule has 3 heterocycles. The van der Waals surface area contributed by atoms with Crippen molar-refractivity contribution < 1.29 is 14.0 Å². The lowest BCUT2D eigenvalue weighted by molar-refractivity contribution is -0.119. The average molecular weight is 440 g/mol. The molecule has 2 amide bonds.